The topological polar surface area (TPSA) is 50.1 Å². The third-order valence-electron chi connectivity index (χ3n) is 1.70. The van der Waals surface area contributed by atoms with Crippen molar-refractivity contribution in [2.45, 2.75) is 25.3 Å². The van der Waals surface area contributed by atoms with E-state index in [2.05, 4.69) is 22.9 Å². The van der Waals surface area contributed by atoms with E-state index in [4.69, 9.17) is 18.1 Å². The summed E-state index contributed by atoms with van der Waals surface area (Å²) in [6.45, 7) is 0. The van der Waals surface area contributed by atoms with Crippen LogP contribution in [-0.2, 0) is 0 Å². The van der Waals surface area contributed by atoms with E-state index in [1.807, 2.05) is 0 Å². The molecule has 0 unspecified atom stereocenters. The molecule has 0 amide bonds. The second-order valence-corrected chi connectivity index (χ2v) is 2.99. The van der Waals surface area contributed by atoms with Crippen molar-refractivity contribution in [2.75, 3.05) is 0 Å². The van der Waals surface area contributed by atoms with E-state index in [1.165, 1.54) is 12.8 Å². The van der Waals surface area contributed by atoms with Gasteiger partial charge in [0, 0.05) is 6.04 Å². The average molecular weight is 171 g/mol. The molecule has 3 nitrogen and oxygen atoms in total. The molecule has 4 heteroatoms. The third-order valence-corrected chi connectivity index (χ3v) is 1.94. The fourth-order valence-corrected chi connectivity index (χ4v) is 1.29. The van der Waals surface area contributed by atoms with Crippen LogP contribution in [0.3, 0.4) is 0 Å². The number of allylic oxidation sites excluding steroid dienone is 1. The Morgan fingerprint density at radius 2 is 2.45 bits per heavy atom. The molecule has 4 N–H and O–H groups in total. The molecule has 62 valence electrons. The molecule has 0 aromatic rings. The van der Waals surface area contributed by atoms with E-state index in [0.29, 0.717) is 11.2 Å². The fraction of sp³-hybridized carbons (Fsp3) is 0.571. The number of hydrogen-bond donors (Lipinski definition) is 3. The van der Waals surface area contributed by atoms with Crippen LogP contribution in [-0.4, -0.2) is 11.2 Å². The van der Waals surface area contributed by atoms with Crippen LogP contribution in [0.1, 0.15) is 19.3 Å². The predicted molar refractivity (Wildman–Crippen MR) is 49.8 cm³/mol. The lowest BCUT2D eigenvalue weighted by Gasteiger charge is -2.18. The summed E-state index contributed by atoms with van der Waals surface area (Å²) in [5, 5.41) is 3.59. The predicted octanol–water partition coefficient (Wildman–Crippen LogP) is 0.433. The zero-order valence-corrected chi connectivity index (χ0v) is 7.16. The molecule has 0 radical (unpaired) electrons. The minimum Gasteiger partial charge on any atom is -0.355 e. The summed E-state index contributed by atoms with van der Waals surface area (Å²) in [4.78, 5) is 0. The highest BCUT2D eigenvalue weighted by molar-refractivity contribution is 7.80. The number of nitrogens with one attached hydrogen (secondary N) is 2. The molecule has 0 heterocycles. The summed E-state index contributed by atoms with van der Waals surface area (Å²) in [6.07, 6.45) is 7.84. The van der Waals surface area contributed by atoms with Crippen LogP contribution in [0.5, 0.6) is 0 Å². The minimum atomic E-state index is 0.368. The Labute approximate surface area is 72.0 Å². The first-order chi connectivity index (χ1) is 5.33. The van der Waals surface area contributed by atoms with Gasteiger partial charge in [0.05, 0.1) is 0 Å². The van der Waals surface area contributed by atoms with Crippen molar-refractivity contribution in [1.82, 2.24) is 10.7 Å². The largest absolute Gasteiger partial charge is 0.355 e. The lowest BCUT2D eigenvalue weighted by molar-refractivity contribution is 0.596. The lowest BCUT2D eigenvalue weighted by Crippen LogP contribution is -2.44. The van der Waals surface area contributed by atoms with E-state index < -0.39 is 0 Å². The molecule has 0 bridgehead atoms. The van der Waals surface area contributed by atoms with Crippen LogP contribution < -0.4 is 16.6 Å². The summed E-state index contributed by atoms with van der Waals surface area (Å²) in [6, 6.07) is 0.368. The van der Waals surface area contributed by atoms with Crippen LogP contribution in [0.4, 0.5) is 0 Å². The number of thiocarbonyl (C=S) groups is 1. The van der Waals surface area contributed by atoms with Crippen molar-refractivity contribution in [3.05, 3.63) is 12.2 Å². The van der Waals surface area contributed by atoms with Gasteiger partial charge in [0.2, 0.25) is 0 Å². The van der Waals surface area contributed by atoms with Crippen LogP contribution in [0.2, 0.25) is 0 Å². The Hall–Kier alpha value is -0.610. The first-order valence-electron chi connectivity index (χ1n) is 3.76. The fourth-order valence-electron chi connectivity index (χ4n) is 1.14. The molecule has 0 aromatic heterocycles. The van der Waals surface area contributed by atoms with Gasteiger partial charge in [-0.05, 0) is 31.5 Å². The maximum Gasteiger partial charge on any atom is 0.181 e. The zero-order valence-electron chi connectivity index (χ0n) is 6.34. The van der Waals surface area contributed by atoms with Gasteiger partial charge < -0.3 is 10.7 Å². The van der Waals surface area contributed by atoms with Gasteiger partial charge in [-0.3, -0.25) is 0 Å². The number of hydrogen-bond acceptors (Lipinski definition) is 2. The second-order valence-electron chi connectivity index (χ2n) is 2.58. The van der Waals surface area contributed by atoms with E-state index in [1.54, 1.807) is 0 Å². The van der Waals surface area contributed by atoms with Crippen molar-refractivity contribution in [3.8, 4) is 0 Å². The summed E-state index contributed by atoms with van der Waals surface area (Å²) >= 11 is 4.85. The molecule has 1 atom stereocenters. The maximum absolute atomic E-state index is 5.11. The molecule has 0 spiro atoms. The number of rotatable bonds is 1. The Bertz CT molecular complexity index is 167. The quantitative estimate of drug-likeness (QED) is 0.232. The van der Waals surface area contributed by atoms with E-state index in [-0.39, 0.29) is 0 Å². The number of nitrogens with two attached hydrogens (primary N) is 1. The van der Waals surface area contributed by atoms with Gasteiger partial charge >= 0.3 is 0 Å². The summed E-state index contributed by atoms with van der Waals surface area (Å²) in [5.41, 5.74) is 2.40. The van der Waals surface area contributed by atoms with Crippen LogP contribution in [0.15, 0.2) is 12.2 Å². The van der Waals surface area contributed by atoms with E-state index >= 15 is 0 Å². The van der Waals surface area contributed by atoms with Crippen molar-refractivity contribution < 1.29 is 0 Å². The first kappa shape index (κ1) is 8.49. The van der Waals surface area contributed by atoms with Crippen LogP contribution in [0.25, 0.3) is 0 Å². The summed E-state index contributed by atoms with van der Waals surface area (Å²) in [5.74, 6) is 5.11. The molecule has 0 aromatic carbocycles. The molecule has 1 rings (SSSR count). The molecule has 1 aliphatic carbocycles. The molecule has 0 saturated carbocycles. The van der Waals surface area contributed by atoms with Crippen molar-refractivity contribution in [3.63, 3.8) is 0 Å². The van der Waals surface area contributed by atoms with Gasteiger partial charge in [-0.1, -0.05) is 12.2 Å². The van der Waals surface area contributed by atoms with Crippen LogP contribution in [0, 0.1) is 0 Å². The van der Waals surface area contributed by atoms with E-state index in [9.17, 15) is 0 Å². The summed E-state index contributed by atoms with van der Waals surface area (Å²) in [7, 11) is 0. The Balaban J connectivity index is 2.30. The Morgan fingerprint density at radius 1 is 1.64 bits per heavy atom. The number of hydrazine groups is 1. The van der Waals surface area contributed by atoms with Gasteiger partial charge in [0.15, 0.2) is 5.11 Å². The molecule has 11 heavy (non-hydrogen) atoms. The molecule has 0 fully saturated rings. The van der Waals surface area contributed by atoms with Gasteiger partial charge in [0.25, 0.3) is 0 Å². The normalized spacial score (nSPS) is 22.8. The SMILES string of the molecule is NNC(=S)N[C@@H]1C=CCCC1. The smallest absolute Gasteiger partial charge is 0.181 e. The van der Waals surface area contributed by atoms with Gasteiger partial charge in [-0.15, -0.1) is 0 Å². The first-order valence-corrected chi connectivity index (χ1v) is 4.17. The standard InChI is InChI=1S/C7H13N3S/c8-10-7(11)9-6-4-2-1-3-5-6/h2,4,6H,1,3,5,8H2,(H2,9,10,11)/t6-/m1/s1. The van der Waals surface area contributed by atoms with Crippen molar-refractivity contribution >= 4 is 17.3 Å². The minimum absolute atomic E-state index is 0.368. The highest BCUT2D eigenvalue weighted by Gasteiger charge is 2.07. The van der Waals surface area contributed by atoms with Crippen molar-refractivity contribution in [2.24, 2.45) is 5.84 Å². The molecule has 1 aliphatic rings. The van der Waals surface area contributed by atoms with Crippen molar-refractivity contribution in [1.29, 1.82) is 0 Å². The Morgan fingerprint density at radius 3 is 3.00 bits per heavy atom. The second kappa shape index (κ2) is 4.31. The van der Waals surface area contributed by atoms with Gasteiger partial charge in [-0.25, -0.2) is 5.84 Å². The zero-order chi connectivity index (χ0) is 8.10. The lowest BCUT2D eigenvalue weighted by atomic mass is 10.0. The molecule has 0 aliphatic heterocycles. The van der Waals surface area contributed by atoms with Gasteiger partial charge in [0.1, 0.15) is 0 Å². The maximum atomic E-state index is 5.11. The summed E-state index contributed by atoms with van der Waals surface area (Å²) < 4.78 is 0. The molecular weight excluding hydrogens is 158 g/mol. The highest BCUT2D eigenvalue weighted by Crippen LogP contribution is 2.09. The highest BCUT2D eigenvalue weighted by atomic mass is 32.1. The monoisotopic (exact) mass is 171 g/mol. The Kier molecular flexibility index (Phi) is 3.32. The van der Waals surface area contributed by atoms with Gasteiger partial charge in [-0.2, -0.15) is 0 Å². The molecule has 0 saturated heterocycles. The van der Waals surface area contributed by atoms with E-state index in [0.717, 1.165) is 6.42 Å². The average Bonchev–Trinajstić information content (AvgIpc) is 2.06. The third kappa shape index (κ3) is 2.86. The van der Waals surface area contributed by atoms with Crippen LogP contribution >= 0.6 is 12.2 Å². The molecular formula is C7H13N3S.